The Bertz CT molecular complexity index is 912. The predicted molar refractivity (Wildman–Crippen MR) is 113 cm³/mol. The number of nitrogens with zero attached hydrogens (tertiary/aromatic N) is 2. The summed E-state index contributed by atoms with van der Waals surface area (Å²) < 4.78 is 0. The molecule has 3 rings (SSSR count). The molecule has 7 heteroatoms. The van der Waals surface area contributed by atoms with Gasteiger partial charge in [-0.3, -0.25) is 9.69 Å². The van der Waals surface area contributed by atoms with Crippen LogP contribution in [0.4, 0.5) is 5.13 Å². The number of likely N-dealkylation sites (N-methyl/N-ethyl adjacent to an activating group) is 1. The minimum absolute atomic E-state index is 0.0925. The average molecular weight is 420 g/mol. The van der Waals surface area contributed by atoms with Gasteiger partial charge in [0.25, 0.3) is 0 Å². The van der Waals surface area contributed by atoms with Crippen LogP contribution in [0, 0.1) is 0 Å². The van der Waals surface area contributed by atoms with E-state index in [1.807, 2.05) is 60.5 Å². The summed E-state index contributed by atoms with van der Waals surface area (Å²) >= 11 is 13.6. The first-order chi connectivity index (χ1) is 13.0. The van der Waals surface area contributed by atoms with E-state index in [4.69, 9.17) is 23.2 Å². The lowest BCUT2D eigenvalue weighted by atomic mass is 10.1. The number of rotatable bonds is 7. The number of nitrogens with one attached hydrogen (secondary N) is 1. The topological polar surface area (TPSA) is 45.2 Å². The second kappa shape index (κ2) is 9.33. The lowest BCUT2D eigenvalue weighted by Crippen LogP contribution is -2.29. The van der Waals surface area contributed by atoms with Crippen molar-refractivity contribution in [3.05, 3.63) is 80.8 Å². The molecule has 0 fully saturated rings. The van der Waals surface area contributed by atoms with E-state index in [2.05, 4.69) is 10.3 Å². The highest BCUT2D eigenvalue weighted by molar-refractivity contribution is 7.15. The van der Waals surface area contributed by atoms with Gasteiger partial charge in [-0.2, -0.15) is 0 Å². The quantitative estimate of drug-likeness (QED) is 0.578. The molecule has 2 aromatic carbocycles. The molecule has 0 unspecified atom stereocenters. The summed E-state index contributed by atoms with van der Waals surface area (Å²) in [5.74, 6) is -0.0925. The zero-order chi connectivity index (χ0) is 19.2. The van der Waals surface area contributed by atoms with Crippen molar-refractivity contribution >= 4 is 45.6 Å². The van der Waals surface area contributed by atoms with Crippen LogP contribution in [0.1, 0.15) is 16.0 Å². The molecule has 0 aliphatic carbocycles. The molecule has 0 bridgehead atoms. The van der Waals surface area contributed by atoms with Crippen molar-refractivity contribution in [3.63, 3.8) is 0 Å². The van der Waals surface area contributed by atoms with E-state index in [9.17, 15) is 4.79 Å². The fraction of sp³-hybridized carbons (Fsp3) is 0.200. The van der Waals surface area contributed by atoms with Crippen molar-refractivity contribution in [2.75, 3.05) is 18.9 Å². The highest BCUT2D eigenvalue weighted by Crippen LogP contribution is 2.24. The maximum absolute atomic E-state index is 12.3. The van der Waals surface area contributed by atoms with E-state index < -0.39 is 0 Å². The Labute approximate surface area is 172 Å². The molecule has 0 saturated carbocycles. The van der Waals surface area contributed by atoms with Crippen molar-refractivity contribution in [2.45, 2.75) is 13.0 Å². The molecule has 0 aliphatic rings. The molecule has 0 atom stereocenters. The zero-order valence-corrected chi connectivity index (χ0v) is 17.1. The van der Waals surface area contributed by atoms with E-state index >= 15 is 0 Å². The first-order valence-electron chi connectivity index (χ1n) is 8.40. The molecule has 0 spiro atoms. The van der Waals surface area contributed by atoms with Crippen LogP contribution in [0.5, 0.6) is 0 Å². The molecule has 4 nitrogen and oxygen atoms in total. The molecule has 1 amide bonds. The zero-order valence-electron chi connectivity index (χ0n) is 14.8. The third kappa shape index (κ3) is 6.04. The monoisotopic (exact) mass is 419 g/mol. The second-order valence-corrected chi connectivity index (χ2v) is 8.21. The number of anilines is 1. The van der Waals surface area contributed by atoms with Crippen LogP contribution in [0.15, 0.2) is 54.7 Å². The molecule has 1 heterocycles. The number of carbonyl (C=O) groups excluding carboxylic acids is 1. The summed E-state index contributed by atoms with van der Waals surface area (Å²) in [5.41, 5.74) is 2.15. The number of aromatic nitrogens is 1. The molecule has 3 aromatic rings. The summed E-state index contributed by atoms with van der Waals surface area (Å²) in [6.45, 7) is 0.947. The number of hydrogen-bond acceptors (Lipinski definition) is 4. The normalized spacial score (nSPS) is 11.0. The Hall–Kier alpha value is -1.92. The first-order valence-corrected chi connectivity index (χ1v) is 9.98. The van der Waals surface area contributed by atoms with E-state index in [1.165, 1.54) is 11.3 Å². The smallest absolute Gasteiger partial charge is 0.240 e. The first kappa shape index (κ1) is 19.8. The van der Waals surface area contributed by atoms with Gasteiger partial charge in [0, 0.05) is 34.1 Å². The molecular weight excluding hydrogens is 401 g/mol. The lowest BCUT2D eigenvalue weighted by molar-refractivity contribution is -0.117. The Balaban J connectivity index is 1.51. The molecule has 140 valence electrons. The third-order valence-corrected chi connectivity index (χ3v) is 5.44. The lowest BCUT2D eigenvalue weighted by Gasteiger charge is -2.15. The predicted octanol–water partition coefficient (Wildman–Crippen LogP) is 5.11. The molecular formula is C20H19Cl2N3OS. The van der Waals surface area contributed by atoms with E-state index in [0.717, 1.165) is 21.0 Å². The van der Waals surface area contributed by atoms with E-state index in [1.54, 1.807) is 6.20 Å². The van der Waals surface area contributed by atoms with Gasteiger partial charge in [-0.15, -0.1) is 11.3 Å². The summed E-state index contributed by atoms with van der Waals surface area (Å²) in [6, 6.07) is 15.3. The minimum atomic E-state index is -0.0925. The van der Waals surface area contributed by atoms with Crippen LogP contribution < -0.4 is 5.32 Å². The van der Waals surface area contributed by atoms with Crippen molar-refractivity contribution < 1.29 is 4.79 Å². The number of halogens is 2. The molecule has 0 saturated heterocycles. The summed E-state index contributed by atoms with van der Waals surface area (Å²) in [6.07, 6.45) is 2.48. The van der Waals surface area contributed by atoms with Gasteiger partial charge in [-0.05, 0) is 36.4 Å². The van der Waals surface area contributed by atoms with Gasteiger partial charge in [0.1, 0.15) is 0 Å². The fourth-order valence-electron chi connectivity index (χ4n) is 2.64. The van der Waals surface area contributed by atoms with Gasteiger partial charge in [0.15, 0.2) is 5.13 Å². The van der Waals surface area contributed by atoms with Crippen molar-refractivity contribution in [1.82, 2.24) is 9.88 Å². The van der Waals surface area contributed by atoms with E-state index in [-0.39, 0.29) is 12.5 Å². The maximum atomic E-state index is 12.3. The van der Waals surface area contributed by atoms with Crippen LogP contribution >= 0.6 is 34.5 Å². The van der Waals surface area contributed by atoms with Gasteiger partial charge in [0.05, 0.1) is 6.54 Å². The third-order valence-electron chi connectivity index (χ3n) is 3.90. The van der Waals surface area contributed by atoms with Crippen LogP contribution in [-0.4, -0.2) is 29.4 Å². The van der Waals surface area contributed by atoms with Crippen molar-refractivity contribution in [2.24, 2.45) is 0 Å². The highest BCUT2D eigenvalue weighted by atomic mass is 35.5. The Morgan fingerprint density at radius 3 is 2.63 bits per heavy atom. The van der Waals surface area contributed by atoms with Crippen molar-refractivity contribution in [3.8, 4) is 0 Å². The molecule has 27 heavy (non-hydrogen) atoms. The van der Waals surface area contributed by atoms with Gasteiger partial charge < -0.3 is 5.32 Å². The second-order valence-electron chi connectivity index (χ2n) is 6.25. The van der Waals surface area contributed by atoms with Crippen LogP contribution in [0.25, 0.3) is 0 Å². The Kier molecular flexibility index (Phi) is 6.85. The van der Waals surface area contributed by atoms with Gasteiger partial charge in [-0.25, -0.2) is 4.98 Å². The molecule has 1 aromatic heterocycles. The molecule has 0 aliphatic heterocycles. The average Bonchev–Trinajstić information content (AvgIpc) is 3.05. The van der Waals surface area contributed by atoms with Crippen molar-refractivity contribution in [1.29, 1.82) is 0 Å². The maximum Gasteiger partial charge on any atom is 0.240 e. The van der Waals surface area contributed by atoms with Crippen LogP contribution in [0.3, 0.4) is 0 Å². The summed E-state index contributed by atoms with van der Waals surface area (Å²) in [7, 11) is 1.90. The van der Waals surface area contributed by atoms with Crippen LogP contribution in [0.2, 0.25) is 10.0 Å². The molecule has 1 N–H and O–H groups in total. The minimum Gasteiger partial charge on any atom is -0.301 e. The number of hydrogen-bond donors (Lipinski definition) is 1. The highest BCUT2D eigenvalue weighted by Gasteiger charge is 2.11. The standard InChI is InChI=1S/C20H19Cl2N3OS/c1-25(12-14-6-8-16(21)9-7-14)13-19(26)24-20-23-11-17(27-20)10-15-4-2-3-5-18(15)22/h2-9,11H,10,12-13H2,1H3,(H,23,24,26). The SMILES string of the molecule is CN(CC(=O)Nc1ncc(Cc2ccccc2Cl)s1)Cc1ccc(Cl)cc1. The van der Waals surface area contributed by atoms with Gasteiger partial charge in [-0.1, -0.05) is 53.5 Å². The van der Waals surface area contributed by atoms with Gasteiger partial charge >= 0.3 is 0 Å². The Morgan fingerprint density at radius 2 is 1.89 bits per heavy atom. The largest absolute Gasteiger partial charge is 0.301 e. The fourth-order valence-corrected chi connectivity index (χ4v) is 3.82. The van der Waals surface area contributed by atoms with Gasteiger partial charge in [0.2, 0.25) is 5.91 Å². The number of benzene rings is 2. The molecule has 0 radical (unpaired) electrons. The Morgan fingerprint density at radius 1 is 1.15 bits per heavy atom. The van der Waals surface area contributed by atoms with E-state index in [0.29, 0.717) is 23.1 Å². The number of carbonyl (C=O) groups is 1. The number of thiazole rings is 1. The van der Waals surface area contributed by atoms with Crippen LogP contribution in [-0.2, 0) is 17.8 Å². The number of amides is 1. The summed E-state index contributed by atoms with van der Waals surface area (Å²) in [4.78, 5) is 19.5. The summed E-state index contributed by atoms with van der Waals surface area (Å²) in [5, 5.41) is 4.90.